The second-order valence-electron chi connectivity index (χ2n) is 5.84. The Labute approximate surface area is 120 Å². The summed E-state index contributed by atoms with van der Waals surface area (Å²) >= 11 is 0. The molecular weight excluding hydrogens is 256 g/mol. The molecular formula is C15H24N2O3. The van der Waals surface area contributed by atoms with Gasteiger partial charge in [-0.3, -0.25) is 4.79 Å². The van der Waals surface area contributed by atoms with Crippen molar-refractivity contribution in [2.45, 2.75) is 52.1 Å². The molecule has 5 nitrogen and oxygen atoms in total. The third-order valence-electron chi connectivity index (χ3n) is 4.44. The van der Waals surface area contributed by atoms with Gasteiger partial charge in [-0.15, -0.1) is 0 Å². The van der Waals surface area contributed by atoms with Crippen molar-refractivity contribution in [2.75, 3.05) is 20.2 Å². The normalized spacial score (nSPS) is 18.3. The zero-order chi connectivity index (χ0) is 14.8. The minimum atomic E-state index is -0.0710. The molecule has 1 fully saturated rings. The molecule has 1 saturated heterocycles. The van der Waals surface area contributed by atoms with Crippen molar-refractivity contribution in [2.24, 2.45) is 0 Å². The fourth-order valence-electron chi connectivity index (χ4n) is 2.68. The van der Waals surface area contributed by atoms with Gasteiger partial charge in [-0.05, 0) is 40.0 Å². The first kappa shape index (κ1) is 15.0. The lowest BCUT2D eigenvalue weighted by Gasteiger charge is -2.38. The molecule has 0 bridgehead atoms. The summed E-state index contributed by atoms with van der Waals surface area (Å²) in [4.78, 5) is 14.2. The number of carbonyl (C=O) groups excluding carboxylic acids is 1. The van der Waals surface area contributed by atoms with Crippen molar-refractivity contribution < 1.29 is 14.1 Å². The number of rotatable bonds is 4. The van der Waals surface area contributed by atoms with Crippen LogP contribution in [0.3, 0.4) is 0 Å². The molecule has 1 aliphatic rings. The van der Waals surface area contributed by atoms with E-state index in [1.807, 2.05) is 18.7 Å². The Kier molecular flexibility index (Phi) is 4.48. The van der Waals surface area contributed by atoms with Crippen molar-refractivity contribution in [1.29, 1.82) is 0 Å². The Bertz CT molecular complexity index is 454. The summed E-state index contributed by atoms with van der Waals surface area (Å²) in [5.41, 5.74) is 1.89. The summed E-state index contributed by atoms with van der Waals surface area (Å²) in [6.45, 7) is 7.49. The van der Waals surface area contributed by atoms with Crippen LogP contribution in [0.4, 0.5) is 0 Å². The highest BCUT2D eigenvalue weighted by Gasteiger charge is 2.31. The van der Waals surface area contributed by atoms with Crippen LogP contribution >= 0.6 is 0 Å². The monoisotopic (exact) mass is 280 g/mol. The van der Waals surface area contributed by atoms with E-state index in [0.29, 0.717) is 12.8 Å². The lowest BCUT2D eigenvalue weighted by Crippen LogP contribution is -2.46. The number of aryl methyl sites for hydroxylation is 2. The van der Waals surface area contributed by atoms with Crippen molar-refractivity contribution in [1.82, 2.24) is 10.1 Å². The molecule has 1 aromatic heterocycles. The number of piperidine rings is 1. The average molecular weight is 280 g/mol. The molecule has 2 heterocycles. The van der Waals surface area contributed by atoms with Gasteiger partial charge in [0, 0.05) is 32.2 Å². The maximum Gasteiger partial charge on any atom is 0.222 e. The maximum absolute atomic E-state index is 12.2. The fraction of sp³-hybridized carbons (Fsp3) is 0.733. The summed E-state index contributed by atoms with van der Waals surface area (Å²) in [7, 11) is 1.74. The number of amides is 1. The Balaban J connectivity index is 1.85. The van der Waals surface area contributed by atoms with E-state index < -0.39 is 0 Å². The van der Waals surface area contributed by atoms with Crippen LogP contribution < -0.4 is 0 Å². The summed E-state index contributed by atoms with van der Waals surface area (Å²) < 4.78 is 10.6. The first-order valence-electron chi connectivity index (χ1n) is 7.20. The highest BCUT2D eigenvalue weighted by molar-refractivity contribution is 5.76. The lowest BCUT2D eigenvalue weighted by molar-refractivity contribution is -0.135. The van der Waals surface area contributed by atoms with Gasteiger partial charge in [-0.2, -0.15) is 0 Å². The molecule has 0 saturated carbocycles. The average Bonchev–Trinajstić information content (AvgIpc) is 2.76. The van der Waals surface area contributed by atoms with E-state index in [-0.39, 0.29) is 11.5 Å². The first-order valence-corrected chi connectivity index (χ1v) is 7.20. The molecule has 0 unspecified atom stereocenters. The van der Waals surface area contributed by atoms with Crippen LogP contribution in [0.25, 0.3) is 0 Å². The minimum absolute atomic E-state index is 0.0710. The molecule has 1 aromatic rings. The third kappa shape index (κ3) is 3.20. The van der Waals surface area contributed by atoms with E-state index in [0.717, 1.165) is 42.9 Å². The van der Waals surface area contributed by atoms with Gasteiger partial charge in [0.2, 0.25) is 5.91 Å². The molecule has 5 heteroatoms. The van der Waals surface area contributed by atoms with E-state index in [1.165, 1.54) is 0 Å². The molecule has 20 heavy (non-hydrogen) atoms. The van der Waals surface area contributed by atoms with Crippen molar-refractivity contribution >= 4 is 5.91 Å². The Morgan fingerprint density at radius 3 is 2.55 bits per heavy atom. The minimum Gasteiger partial charge on any atom is -0.378 e. The molecule has 1 aliphatic heterocycles. The van der Waals surface area contributed by atoms with Gasteiger partial charge in [-0.1, -0.05) is 5.16 Å². The fourth-order valence-corrected chi connectivity index (χ4v) is 2.68. The lowest BCUT2D eigenvalue weighted by atomic mass is 9.93. The number of aromatic nitrogens is 1. The van der Waals surface area contributed by atoms with E-state index in [4.69, 9.17) is 9.26 Å². The van der Waals surface area contributed by atoms with Crippen LogP contribution in [0.2, 0.25) is 0 Å². The van der Waals surface area contributed by atoms with E-state index in [1.54, 1.807) is 7.11 Å². The van der Waals surface area contributed by atoms with E-state index in [2.05, 4.69) is 12.1 Å². The molecule has 2 rings (SSSR count). The van der Waals surface area contributed by atoms with Gasteiger partial charge in [0.05, 0.1) is 11.3 Å². The van der Waals surface area contributed by atoms with Crippen LogP contribution in [0, 0.1) is 13.8 Å². The molecule has 0 aromatic carbocycles. The summed E-state index contributed by atoms with van der Waals surface area (Å²) in [6.07, 6.45) is 3.03. The number of hydrogen-bond acceptors (Lipinski definition) is 4. The topological polar surface area (TPSA) is 55.6 Å². The molecule has 0 spiro atoms. The van der Waals surface area contributed by atoms with Gasteiger partial charge >= 0.3 is 0 Å². The summed E-state index contributed by atoms with van der Waals surface area (Å²) in [5.74, 6) is 1.03. The van der Waals surface area contributed by atoms with E-state index in [9.17, 15) is 4.79 Å². The van der Waals surface area contributed by atoms with Gasteiger partial charge in [-0.25, -0.2) is 0 Å². The van der Waals surface area contributed by atoms with Crippen LogP contribution in [0.15, 0.2) is 4.52 Å². The first-order chi connectivity index (χ1) is 9.45. The predicted molar refractivity (Wildman–Crippen MR) is 75.5 cm³/mol. The largest absolute Gasteiger partial charge is 0.378 e. The third-order valence-corrected chi connectivity index (χ3v) is 4.44. The van der Waals surface area contributed by atoms with Gasteiger partial charge < -0.3 is 14.2 Å². The molecule has 0 aliphatic carbocycles. The second-order valence-corrected chi connectivity index (χ2v) is 5.84. The number of hydrogen-bond donors (Lipinski definition) is 0. The zero-order valence-corrected chi connectivity index (χ0v) is 12.9. The highest BCUT2D eigenvalue weighted by Crippen LogP contribution is 2.25. The number of likely N-dealkylation sites (tertiary alicyclic amines) is 1. The molecule has 0 N–H and O–H groups in total. The number of ether oxygens (including phenoxy) is 1. The number of nitrogens with zero attached hydrogens (tertiary/aromatic N) is 2. The second kappa shape index (κ2) is 5.95. The molecule has 0 atom stereocenters. The molecule has 112 valence electrons. The smallest absolute Gasteiger partial charge is 0.222 e. The van der Waals surface area contributed by atoms with Crippen molar-refractivity contribution in [3.63, 3.8) is 0 Å². The quantitative estimate of drug-likeness (QED) is 0.849. The molecule has 1 amide bonds. The SMILES string of the molecule is COC1(C)CCN(C(=O)CCc2c(C)noc2C)CC1. The molecule has 0 radical (unpaired) electrons. The Morgan fingerprint density at radius 2 is 2.05 bits per heavy atom. The Morgan fingerprint density at radius 1 is 1.40 bits per heavy atom. The number of carbonyl (C=O) groups is 1. The van der Waals surface area contributed by atoms with Crippen LogP contribution in [-0.2, 0) is 16.0 Å². The van der Waals surface area contributed by atoms with Crippen LogP contribution in [0.5, 0.6) is 0 Å². The predicted octanol–water partition coefficient (Wildman–Crippen LogP) is 2.25. The van der Waals surface area contributed by atoms with Crippen LogP contribution in [-0.4, -0.2) is 41.8 Å². The van der Waals surface area contributed by atoms with Gasteiger partial charge in [0.15, 0.2) is 0 Å². The van der Waals surface area contributed by atoms with Crippen LogP contribution in [0.1, 0.15) is 43.2 Å². The summed E-state index contributed by atoms with van der Waals surface area (Å²) in [5, 5.41) is 3.92. The number of methoxy groups -OCH3 is 1. The van der Waals surface area contributed by atoms with E-state index >= 15 is 0 Å². The van der Waals surface area contributed by atoms with Gasteiger partial charge in [0.1, 0.15) is 5.76 Å². The zero-order valence-electron chi connectivity index (χ0n) is 12.9. The summed E-state index contributed by atoms with van der Waals surface area (Å²) in [6, 6.07) is 0. The van der Waals surface area contributed by atoms with Gasteiger partial charge in [0.25, 0.3) is 0 Å². The maximum atomic E-state index is 12.2. The standard InChI is InChI=1S/C15H24N2O3/c1-11-13(12(2)20-16-11)5-6-14(18)17-9-7-15(3,19-4)8-10-17/h5-10H2,1-4H3. The highest BCUT2D eigenvalue weighted by atomic mass is 16.5. The Hall–Kier alpha value is -1.36. The van der Waals surface area contributed by atoms with Crippen molar-refractivity contribution in [3.05, 3.63) is 17.0 Å². The van der Waals surface area contributed by atoms with Crippen molar-refractivity contribution in [3.8, 4) is 0 Å².